The number of nitrogens with one attached hydrogen (secondary N) is 2. The summed E-state index contributed by atoms with van der Waals surface area (Å²) in [6.07, 6.45) is 5.12. The Morgan fingerprint density at radius 3 is 2.24 bits per heavy atom. The topological polar surface area (TPSA) is 170 Å². The Kier molecular flexibility index (Phi) is 9.51. The summed E-state index contributed by atoms with van der Waals surface area (Å²) in [7, 11) is -1.64. The molecule has 2 aromatic heterocycles. The summed E-state index contributed by atoms with van der Waals surface area (Å²) in [5.41, 5.74) is 0.751. The number of carbonyl (C=O) groups is 3. The van der Waals surface area contributed by atoms with Crippen molar-refractivity contribution in [2.24, 2.45) is 0 Å². The Morgan fingerprint density at radius 2 is 1.60 bits per heavy atom. The van der Waals surface area contributed by atoms with Crippen molar-refractivity contribution in [3.63, 3.8) is 0 Å². The Labute approximate surface area is 264 Å². The van der Waals surface area contributed by atoms with Gasteiger partial charge >= 0.3 is 5.91 Å². The number of benzene rings is 2. The van der Waals surface area contributed by atoms with Gasteiger partial charge in [0, 0.05) is 61.9 Å². The van der Waals surface area contributed by atoms with Crippen LogP contribution in [0.3, 0.4) is 0 Å². The van der Waals surface area contributed by atoms with Crippen LogP contribution in [0.25, 0.3) is 22.2 Å². The van der Waals surface area contributed by atoms with E-state index in [-0.39, 0.29) is 30.0 Å². The smallest absolute Gasteiger partial charge is 0.313 e. The number of hydroxylamine groups is 2. The number of nitrogens with zero attached hydrogens (tertiary/aromatic N) is 5. The minimum atomic E-state index is -4.17. The van der Waals surface area contributed by atoms with Crippen LogP contribution in [0, 0.1) is 5.21 Å². The molecule has 0 saturated carbocycles. The minimum absolute atomic E-state index is 0.00691. The molecule has 0 radical (unpaired) electrons. The Bertz CT molecular complexity index is 1840. The van der Waals surface area contributed by atoms with Gasteiger partial charge in [-0.05, 0) is 47.2 Å². The summed E-state index contributed by atoms with van der Waals surface area (Å²) in [6, 6.07) is 11.1. The molecule has 1 saturated heterocycles. The van der Waals surface area contributed by atoms with E-state index in [1.165, 1.54) is 36.5 Å². The normalized spacial score (nSPS) is 18.0. The molecule has 0 bridgehead atoms. The van der Waals surface area contributed by atoms with Crippen molar-refractivity contribution in [3.8, 4) is 11.4 Å². The lowest BCUT2D eigenvalue weighted by Crippen LogP contribution is -3.07. The van der Waals surface area contributed by atoms with Crippen molar-refractivity contribution in [2.45, 2.75) is 29.8 Å². The highest BCUT2D eigenvalue weighted by atomic mass is 35.5. The van der Waals surface area contributed by atoms with Gasteiger partial charge in [-0.15, -0.1) is 0 Å². The molecule has 45 heavy (non-hydrogen) atoms. The maximum atomic E-state index is 14.0. The van der Waals surface area contributed by atoms with Gasteiger partial charge in [0.05, 0.1) is 36.0 Å². The quantitative estimate of drug-likeness (QED) is 0.267. The van der Waals surface area contributed by atoms with Gasteiger partial charge in [0.1, 0.15) is 0 Å². The highest BCUT2D eigenvalue weighted by Gasteiger charge is 2.44. The molecule has 13 nitrogen and oxygen atoms in total. The fourth-order valence-corrected chi connectivity index (χ4v) is 7.02. The molecule has 234 valence electrons. The van der Waals surface area contributed by atoms with Crippen LogP contribution < -0.4 is 10.4 Å². The van der Waals surface area contributed by atoms with Crippen LogP contribution in [0.15, 0.2) is 78.2 Å². The number of amides is 3. The highest BCUT2D eigenvalue weighted by molar-refractivity contribution is 7.89. The van der Waals surface area contributed by atoms with E-state index in [0.717, 1.165) is 16.7 Å². The highest BCUT2D eigenvalue weighted by Crippen LogP contribution is 2.30. The second-order valence-corrected chi connectivity index (χ2v) is 13.0. The fraction of sp³-hybridized carbons (Fsp3) is 0.267. The average Bonchev–Trinajstić information content (AvgIpc) is 3.04. The van der Waals surface area contributed by atoms with Crippen LogP contribution >= 0.6 is 11.6 Å². The molecule has 3 heterocycles. The summed E-state index contributed by atoms with van der Waals surface area (Å²) in [6.45, 7) is -0.521. The van der Waals surface area contributed by atoms with Crippen LogP contribution in [0.2, 0.25) is 5.02 Å². The Balaban J connectivity index is 1.52. The molecule has 1 aliphatic heterocycles. The maximum absolute atomic E-state index is 14.0. The first kappa shape index (κ1) is 32.1. The van der Waals surface area contributed by atoms with E-state index >= 15 is 0 Å². The van der Waals surface area contributed by atoms with E-state index in [4.69, 9.17) is 11.6 Å². The fourth-order valence-electron chi connectivity index (χ4n) is 5.29. The number of pyridine rings is 1. The molecule has 3 unspecified atom stereocenters. The number of hydrogen-bond donors (Lipinski definition) is 2. The molecular formula is C30H30ClN7O6S. The van der Waals surface area contributed by atoms with Gasteiger partial charge in [0.25, 0.3) is 5.91 Å². The third-order valence-electron chi connectivity index (χ3n) is 7.61. The van der Waals surface area contributed by atoms with Crippen LogP contribution in [-0.4, -0.2) is 89.6 Å². The lowest BCUT2D eigenvalue weighted by Gasteiger charge is -2.46. The molecule has 5 rings (SSSR count). The summed E-state index contributed by atoms with van der Waals surface area (Å²) in [4.78, 5) is 53.3. The van der Waals surface area contributed by atoms with Gasteiger partial charge < -0.3 is 20.5 Å². The maximum Gasteiger partial charge on any atom is 0.313 e. The van der Waals surface area contributed by atoms with Gasteiger partial charge in [-0.1, -0.05) is 23.7 Å². The zero-order chi connectivity index (χ0) is 32.3. The Morgan fingerprint density at radius 1 is 0.978 bits per heavy atom. The molecule has 0 aliphatic carbocycles. The van der Waals surface area contributed by atoms with Gasteiger partial charge in [-0.2, -0.15) is 4.31 Å². The first-order valence-electron chi connectivity index (χ1n) is 14.0. The van der Waals surface area contributed by atoms with E-state index in [0.29, 0.717) is 21.8 Å². The van der Waals surface area contributed by atoms with Gasteiger partial charge in [-0.3, -0.25) is 14.6 Å². The van der Waals surface area contributed by atoms with E-state index < -0.39 is 51.3 Å². The van der Waals surface area contributed by atoms with E-state index in [1.54, 1.807) is 48.8 Å². The van der Waals surface area contributed by atoms with Crippen molar-refractivity contribution >= 4 is 50.1 Å². The van der Waals surface area contributed by atoms with Crippen LogP contribution in [-0.2, 0) is 19.6 Å². The molecule has 4 aromatic rings. The summed E-state index contributed by atoms with van der Waals surface area (Å²) in [5.74, 6) is -1.47. The number of aromatic nitrogens is 3. The number of fused-ring (bicyclic) bond motifs is 1. The number of piperazine rings is 1. The van der Waals surface area contributed by atoms with Gasteiger partial charge in [-0.25, -0.2) is 23.2 Å². The van der Waals surface area contributed by atoms with Crippen molar-refractivity contribution in [1.29, 1.82) is 0 Å². The number of carbonyl (C=O) groups excluding carboxylic acids is 3. The zero-order valence-electron chi connectivity index (χ0n) is 24.4. The molecule has 3 atom stereocenters. The predicted octanol–water partition coefficient (Wildman–Crippen LogP) is 1.29. The summed E-state index contributed by atoms with van der Waals surface area (Å²) < 4.78 is 29.2. The SMILES string of the molecule is CNC(=O)CC1CN(S(=O)(=O)c2ccc3cc(Cl)ccc3c2)CC(CC(=O)[NH+](C)[O-])N1C(=O)c1cnc(-c2ccncc2)nc1. The Hall–Kier alpha value is -4.34. The van der Waals surface area contributed by atoms with E-state index in [2.05, 4.69) is 20.3 Å². The first-order chi connectivity index (χ1) is 21.5. The van der Waals surface area contributed by atoms with Crippen molar-refractivity contribution < 1.29 is 27.9 Å². The van der Waals surface area contributed by atoms with Crippen LogP contribution in [0.1, 0.15) is 23.2 Å². The summed E-state index contributed by atoms with van der Waals surface area (Å²) in [5, 5.41) is 15.7. The van der Waals surface area contributed by atoms with E-state index in [9.17, 15) is 28.0 Å². The second kappa shape index (κ2) is 13.3. The number of rotatable bonds is 8. The van der Waals surface area contributed by atoms with Crippen LogP contribution in [0.5, 0.6) is 0 Å². The van der Waals surface area contributed by atoms with Crippen molar-refractivity contribution in [3.05, 3.63) is 89.1 Å². The lowest BCUT2D eigenvalue weighted by molar-refractivity contribution is -0.741. The number of quaternary nitrogens is 1. The van der Waals surface area contributed by atoms with Crippen molar-refractivity contribution in [2.75, 3.05) is 27.2 Å². The lowest BCUT2D eigenvalue weighted by atomic mass is 10.00. The third kappa shape index (κ3) is 7.00. The zero-order valence-corrected chi connectivity index (χ0v) is 26.0. The first-order valence-corrected chi connectivity index (χ1v) is 15.8. The predicted molar refractivity (Wildman–Crippen MR) is 165 cm³/mol. The molecule has 3 amide bonds. The number of hydrogen-bond acceptors (Lipinski definition) is 9. The van der Waals surface area contributed by atoms with Gasteiger partial charge in [0.2, 0.25) is 15.9 Å². The van der Waals surface area contributed by atoms with E-state index in [1.807, 2.05) is 0 Å². The molecule has 1 fully saturated rings. The molecular weight excluding hydrogens is 622 g/mol. The second-order valence-electron chi connectivity index (χ2n) is 10.6. The number of sulfonamides is 1. The number of halogens is 1. The minimum Gasteiger partial charge on any atom is -0.627 e. The summed E-state index contributed by atoms with van der Waals surface area (Å²) >= 11 is 6.09. The largest absolute Gasteiger partial charge is 0.627 e. The molecule has 2 N–H and O–H groups in total. The van der Waals surface area contributed by atoms with Gasteiger partial charge in [0.15, 0.2) is 5.82 Å². The standard InChI is InChI=1S/C30H30ClN7O6S/c1-32-27(39)13-24-17-37(45(43,44)26-6-4-20-11-23(31)5-3-21(20)12-26)18-25(14-28(40)36(2)42)38(24)30(41)22-15-34-29(35-16-22)19-7-9-33-10-8-19/h3-12,15-16,24-25,36H,13-14,17-18H2,1-2H3,(H,32,39). The third-order valence-corrected chi connectivity index (χ3v) is 9.68. The molecule has 1 aliphatic rings. The molecule has 2 aromatic carbocycles. The van der Waals surface area contributed by atoms with Crippen molar-refractivity contribution in [1.82, 2.24) is 29.5 Å². The average molecular weight is 652 g/mol. The monoisotopic (exact) mass is 651 g/mol. The van der Waals surface area contributed by atoms with Crippen LogP contribution in [0.4, 0.5) is 0 Å². The molecule has 0 spiro atoms. The molecule has 15 heteroatoms.